The minimum absolute atomic E-state index is 0.269. The van der Waals surface area contributed by atoms with Crippen LogP contribution in [0.15, 0.2) is 29.2 Å². The number of methoxy groups -OCH3 is 1. The molecule has 0 heterocycles. The lowest BCUT2D eigenvalue weighted by Gasteiger charge is -2.12. The maximum atomic E-state index is 13.4. The Bertz CT molecular complexity index is 544. The standard InChI is InChI=1S/C12H16FNO4S/c1-9(7-18-2)14-12(15)8-19(16,17)11-6-4-3-5-10(11)13/h3-6,9H,7-8H2,1-2H3,(H,14,15). The number of ether oxygens (including phenoxy) is 1. The van der Waals surface area contributed by atoms with Gasteiger partial charge in [0, 0.05) is 13.2 Å². The first-order chi connectivity index (χ1) is 8.86. The van der Waals surface area contributed by atoms with Crippen molar-refractivity contribution in [3.8, 4) is 0 Å². The maximum absolute atomic E-state index is 13.4. The predicted molar refractivity (Wildman–Crippen MR) is 67.9 cm³/mol. The number of carbonyl (C=O) groups is 1. The molecule has 0 radical (unpaired) electrons. The van der Waals surface area contributed by atoms with Gasteiger partial charge in [-0.2, -0.15) is 0 Å². The molecule has 0 fully saturated rings. The molecule has 19 heavy (non-hydrogen) atoms. The average molecular weight is 289 g/mol. The van der Waals surface area contributed by atoms with Gasteiger partial charge in [-0.15, -0.1) is 0 Å². The van der Waals surface area contributed by atoms with Crippen LogP contribution >= 0.6 is 0 Å². The molecule has 0 aliphatic rings. The first-order valence-electron chi connectivity index (χ1n) is 5.62. The third-order valence-corrected chi connectivity index (χ3v) is 3.96. The average Bonchev–Trinajstić information content (AvgIpc) is 2.28. The number of hydrogen-bond donors (Lipinski definition) is 1. The number of sulfone groups is 1. The van der Waals surface area contributed by atoms with Gasteiger partial charge in [0.05, 0.1) is 6.61 Å². The smallest absolute Gasteiger partial charge is 0.235 e. The number of rotatable bonds is 6. The number of amides is 1. The summed E-state index contributed by atoms with van der Waals surface area (Å²) in [5, 5.41) is 2.46. The van der Waals surface area contributed by atoms with Crippen molar-refractivity contribution < 1.29 is 22.3 Å². The topological polar surface area (TPSA) is 72.5 Å². The molecule has 1 atom stereocenters. The molecule has 0 saturated carbocycles. The van der Waals surface area contributed by atoms with E-state index in [0.717, 1.165) is 12.1 Å². The van der Waals surface area contributed by atoms with Crippen LogP contribution in [0.3, 0.4) is 0 Å². The van der Waals surface area contributed by atoms with E-state index >= 15 is 0 Å². The quantitative estimate of drug-likeness (QED) is 0.839. The fraction of sp³-hybridized carbons (Fsp3) is 0.417. The molecule has 7 heteroatoms. The van der Waals surface area contributed by atoms with E-state index in [9.17, 15) is 17.6 Å². The normalized spacial score (nSPS) is 13.0. The van der Waals surface area contributed by atoms with Crippen LogP contribution in [0.2, 0.25) is 0 Å². The largest absolute Gasteiger partial charge is 0.383 e. The van der Waals surface area contributed by atoms with Gasteiger partial charge < -0.3 is 10.1 Å². The lowest BCUT2D eigenvalue weighted by Crippen LogP contribution is -2.39. The van der Waals surface area contributed by atoms with Crippen LogP contribution in [0.25, 0.3) is 0 Å². The van der Waals surface area contributed by atoms with E-state index in [1.54, 1.807) is 6.92 Å². The minimum Gasteiger partial charge on any atom is -0.383 e. The summed E-state index contributed by atoms with van der Waals surface area (Å²) in [6, 6.07) is 4.65. The van der Waals surface area contributed by atoms with Gasteiger partial charge in [0.25, 0.3) is 0 Å². The van der Waals surface area contributed by atoms with Crippen LogP contribution < -0.4 is 5.32 Å². The molecule has 5 nitrogen and oxygen atoms in total. The van der Waals surface area contributed by atoms with E-state index in [0.29, 0.717) is 0 Å². The molecule has 1 unspecified atom stereocenters. The van der Waals surface area contributed by atoms with E-state index in [4.69, 9.17) is 4.74 Å². The van der Waals surface area contributed by atoms with Crippen LogP contribution in [-0.2, 0) is 19.4 Å². The summed E-state index contributed by atoms with van der Waals surface area (Å²) in [5.74, 6) is -2.34. The Morgan fingerprint density at radius 1 is 1.42 bits per heavy atom. The highest BCUT2D eigenvalue weighted by Gasteiger charge is 2.23. The maximum Gasteiger partial charge on any atom is 0.235 e. The molecule has 0 aliphatic carbocycles. The van der Waals surface area contributed by atoms with E-state index in [-0.39, 0.29) is 12.6 Å². The van der Waals surface area contributed by atoms with Crippen molar-refractivity contribution in [2.75, 3.05) is 19.5 Å². The molecular formula is C12H16FNO4S. The molecular weight excluding hydrogens is 273 g/mol. The van der Waals surface area contributed by atoms with E-state index < -0.39 is 32.2 Å². The Kier molecular flexibility index (Phi) is 5.44. The van der Waals surface area contributed by atoms with Gasteiger partial charge in [-0.25, -0.2) is 12.8 Å². The second-order valence-corrected chi connectivity index (χ2v) is 6.07. The summed E-state index contributed by atoms with van der Waals surface area (Å²) in [6.07, 6.45) is 0. The SMILES string of the molecule is COCC(C)NC(=O)CS(=O)(=O)c1ccccc1F. The molecule has 1 aromatic rings. The number of carbonyl (C=O) groups excluding carboxylic acids is 1. The highest BCUT2D eigenvalue weighted by Crippen LogP contribution is 2.15. The number of nitrogens with one attached hydrogen (secondary N) is 1. The van der Waals surface area contributed by atoms with E-state index in [1.165, 1.54) is 19.2 Å². The van der Waals surface area contributed by atoms with Gasteiger partial charge in [-0.1, -0.05) is 12.1 Å². The van der Waals surface area contributed by atoms with E-state index in [1.807, 2.05) is 0 Å². The fourth-order valence-corrected chi connectivity index (χ4v) is 2.79. The van der Waals surface area contributed by atoms with Crippen LogP contribution in [0.1, 0.15) is 6.92 Å². The van der Waals surface area contributed by atoms with Gasteiger partial charge in [0.2, 0.25) is 5.91 Å². The van der Waals surface area contributed by atoms with Gasteiger partial charge in [0.1, 0.15) is 16.5 Å². The molecule has 0 saturated heterocycles. The van der Waals surface area contributed by atoms with Crippen molar-refractivity contribution in [1.29, 1.82) is 0 Å². The second kappa shape index (κ2) is 6.63. The number of halogens is 1. The van der Waals surface area contributed by atoms with Gasteiger partial charge in [-0.3, -0.25) is 4.79 Å². The van der Waals surface area contributed by atoms with E-state index in [2.05, 4.69) is 5.32 Å². The Morgan fingerprint density at radius 3 is 2.63 bits per heavy atom. The monoisotopic (exact) mass is 289 g/mol. The zero-order valence-electron chi connectivity index (χ0n) is 10.7. The first kappa shape index (κ1) is 15.6. The first-order valence-corrected chi connectivity index (χ1v) is 7.27. The highest BCUT2D eigenvalue weighted by molar-refractivity contribution is 7.92. The van der Waals surface area contributed by atoms with Gasteiger partial charge >= 0.3 is 0 Å². The fourth-order valence-electron chi connectivity index (χ4n) is 1.56. The Morgan fingerprint density at radius 2 is 2.05 bits per heavy atom. The molecule has 1 aromatic carbocycles. The molecule has 1 rings (SSSR count). The molecule has 1 N–H and O–H groups in total. The summed E-state index contributed by atoms with van der Waals surface area (Å²) in [6.45, 7) is 1.95. The Hall–Kier alpha value is -1.47. The van der Waals surface area contributed by atoms with Crippen molar-refractivity contribution in [2.24, 2.45) is 0 Å². The molecule has 106 valence electrons. The van der Waals surface area contributed by atoms with Crippen molar-refractivity contribution >= 4 is 15.7 Å². The Balaban J connectivity index is 2.76. The third kappa shape index (κ3) is 4.60. The van der Waals surface area contributed by atoms with Gasteiger partial charge in [-0.05, 0) is 19.1 Å². The van der Waals surface area contributed by atoms with Crippen LogP contribution in [0.5, 0.6) is 0 Å². The van der Waals surface area contributed by atoms with Crippen LogP contribution in [-0.4, -0.2) is 39.8 Å². The second-order valence-electron chi connectivity index (χ2n) is 4.11. The third-order valence-electron chi connectivity index (χ3n) is 2.32. The van der Waals surface area contributed by atoms with Crippen molar-refractivity contribution in [3.63, 3.8) is 0 Å². The van der Waals surface area contributed by atoms with Crippen LogP contribution in [0.4, 0.5) is 4.39 Å². The Labute approximate surface area is 111 Å². The zero-order valence-corrected chi connectivity index (χ0v) is 11.5. The lowest BCUT2D eigenvalue weighted by atomic mass is 10.3. The van der Waals surface area contributed by atoms with Crippen molar-refractivity contribution in [1.82, 2.24) is 5.32 Å². The lowest BCUT2D eigenvalue weighted by molar-refractivity contribution is -0.119. The van der Waals surface area contributed by atoms with Gasteiger partial charge in [0.15, 0.2) is 9.84 Å². The summed E-state index contributed by atoms with van der Waals surface area (Å²) in [4.78, 5) is 11.1. The van der Waals surface area contributed by atoms with Crippen LogP contribution in [0, 0.1) is 5.82 Å². The summed E-state index contributed by atoms with van der Waals surface area (Å²) >= 11 is 0. The van der Waals surface area contributed by atoms with Crippen molar-refractivity contribution in [2.45, 2.75) is 17.9 Å². The molecule has 0 bridgehead atoms. The molecule has 0 spiro atoms. The van der Waals surface area contributed by atoms with Crippen molar-refractivity contribution in [3.05, 3.63) is 30.1 Å². The summed E-state index contributed by atoms with van der Waals surface area (Å²) in [7, 11) is -2.51. The summed E-state index contributed by atoms with van der Waals surface area (Å²) in [5.41, 5.74) is 0. The molecule has 0 aromatic heterocycles. The zero-order chi connectivity index (χ0) is 14.5. The number of benzene rings is 1. The number of hydrogen-bond acceptors (Lipinski definition) is 4. The predicted octanol–water partition coefficient (Wildman–Crippen LogP) is 0.750. The summed E-state index contributed by atoms with van der Waals surface area (Å²) < 4.78 is 41.9. The highest BCUT2D eigenvalue weighted by atomic mass is 32.2. The minimum atomic E-state index is -3.98. The molecule has 1 amide bonds. The molecule has 0 aliphatic heterocycles.